The molecule has 0 aliphatic carbocycles. The average Bonchev–Trinajstić information content (AvgIpc) is 2.44. The molecule has 8 heteroatoms. The first-order chi connectivity index (χ1) is 11.1. The van der Waals surface area contributed by atoms with Crippen LogP contribution in [0.5, 0.6) is 5.75 Å². The number of benzene rings is 2. The van der Waals surface area contributed by atoms with Gasteiger partial charge in [0, 0.05) is 5.56 Å². The Balaban J connectivity index is 2.32. The molecule has 0 fully saturated rings. The molecular formula is C16H10F6O2. The highest BCUT2D eigenvalue weighted by Crippen LogP contribution is 2.30. The van der Waals surface area contributed by atoms with Crippen molar-refractivity contribution in [3.05, 3.63) is 64.7 Å². The van der Waals surface area contributed by atoms with Gasteiger partial charge in [-0.1, -0.05) is 18.2 Å². The lowest BCUT2D eigenvalue weighted by Crippen LogP contribution is -2.17. The molecule has 0 atom stereocenters. The lowest BCUT2D eigenvalue weighted by molar-refractivity contribution is -0.274. The molecule has 0 bridgehead atoms. The van der Waals surface area contributed by atoms with Crippen molar-refractivity contribution >= 4 is 6.29 Å². The topological polar surface area (TPSA) is 26.3 Å². The molecule has 0 aliphatic rings. The summed E-state index contributed by atoms with van der Waals surface area (Å²) in [7, 11) is 0. The molecule has 2 aromatic rings. The minimum absolute atomic E-state index is 0.0706. The van der Waals surface area contributed by atoms with Crippen LogP contribution in [-0.4, -0.2) is 12.6 Å². The highest BCUT2D eigenvalue weighted by Gasteiger charge is 2.32. The largest absolute Gasteiger partial charge is 0.573 e. The first kappa shape index (κ1) is 17.8. The number of hydrogen-bond donors (Lipinski definition) is 0. The van der Waals surface area contributed by atoms with Gasteiger partial charge in [-0.25, -0.2) is 0 Å². The molecule has 0 saturated heterocycles. The number of rotatable bonds is 4. The molecule has 0 unspecified atom stereocenters. The van der Waals surface area contributed by atoms with E-state index in [1.807, 2.05) is 0 Å². The Morgan fingerprint density at radius 1 is 0.917 bits per heavy atom. The van der Waals surface area contributed by atoms with Crippen molar-refractivity contribution in [1.82, 2.24) is 0 Å². The summed E-state index contributed by atoms with van der Waals surface area (Å²) in [6.45, 7) is 0. The Kier molecular flexibility index (Phi) is 4.86. The van der Waals surface area contributed by atoms with Crippen LogP contribution >= 0.6 is 0 Å². The van der Waals surface area contributed by atoms with E-state index in [1.54, 1.807) is 0 Å². The third-order valence-corrected chi connectivity index (χ3v) is 3.02. The second-order valence-electron chi connectivity index (χ2n) is 4.95. The summed E-state index contributed by atoms with van der Waals surface area (Å²) in [5.41, 5.74) is -0.471. The number of aldehydes is 1. The van der Waals surface area contributed by atoms with E-state index in [0.717, 1.165) is 24.3 Å². The molecule has 0 radical (unpaired) electrons. The fourth-order valence-corrected chi connectivity index (χ4v) is 2.14. The van der Waals surface area contributed by atoms with Gasteiger partial charge < -0.3 is 4.74 Å². The van der Waals surface area contributed by atoms with Crippen molar-refractivity contribution in [3.63, 3.8) is 0 Å². The predicted octanol–water partition coefficient (Wildman–Crippen LogP) is 5.01. The van der Waals surface area contributed by atoms with Gasteiger partial charge >= 0.3 is 12.5 Å². The first-order valence-corrected chi connectivity index (χ1v) is 6.58. The quantitative estimate of drug-likeness (QED) is 0.574. The third kappa shape index (κ3) is 5.00. The maximum Gasteiger partial charge on any atom is 0.573 e. The van der Waals surface area contributed by atoms with E-state index in [9.17, 15) is 31.1 Å². The first-order valence-electron chi connectivity index (χ1n) is 6.58. The predicted molar refractivity (Wildman–Crippen MR) is 72.8 cm³/mol. The van der Waals surface area contributed by atoms with Gasteiger partial charge in [0.15, 0.2) is 0 Å². The van der Waals surface area contributed by atoms with Gasteiger partial charge in [0.2, 0.25) is 0 Å². The highest BCUT2D eigenvalue weighted by atomic mass is 19.4. The average molecular weight is 348 g/mol. The van der Waals surface area contributed by atoms with Crippen molar-refractivity contribution in [2.45, 2.75) is 19.0 Å². The number of alkyl halides is 6. The summed E-state index contributed by atoms with van der Waals surface area (Å²) in [6.07, 6.45) is -9.21. The lowest BCUT2D eigenvalue weighted by atomic mass is 10.0. The van der Waals surface area contributed by atoms with Gasteiger partial charge in [0.1, 0.15) is 12.0 Å². The van der Waals surface area contributed by atoms with E-state index in [4.69, 9.17) is 0 Å². The van der Waals surface area contributed by atoms with Gasteiger partial charge in [-0.2, -0.15) is 13.2 Å². The van der Waals surface area contributed by atoms with Crippen LogP contribution in [0.15, 0.2) is 42.5 Å². The zero-order valence-electron chi connectivity index (χ0n) is 11.9. The van der Waals surface area contributed by atoms with Crippen molar-refractivity contribution in [3.8, 4) is 5.75 Å². The lowest BCUT2D eigenvalue weighted by Gasteiger charge is -2.12. The van der Waals surface area contributed by atoms with Crippen LogP contribution < -0.4 is 4.74 Å². The van der Waals surface area contributed by atoms with Crippen LogP contribution in [0.1, 0.15) is 27.0 Å². The van der Waals surface area contributed by atoms with E-state index in [1.165, 1.54) is 18.2 Å². The molecule has 2 aromatic carbocycles. The van der Waals surface area contributed by atoms with E-state index in [2.05, 4.69) is 4.74 Å². The van der Waals surface area contributed by atoms with E-state index in [-0.39, 0.29) is 23.1 Å². The highest BCUT2D eigenvalue weighted by molar-refractivity contribution is 5.76. The Morgan fingerprint density at radius 3 is 2.21 bits per heavy atom. The van der Waals surface area contributed by atoms with Crippen LogP contribution in [-0.2, 0) is 12.6 Å². The van der Waals surface area contributed by atoms with Crippen LogP contribution in [0.2, 0.25) is 0 Å². The van der Waals surface area contributed by atoms with E-state index in [0.29, 0.717) is 6.29 Å². The summed E-state index contributed by atoms with van der Waals surface area (Å²) in [6, 6.07) is 7.62. The standard InChI is InChI=1S/C16H10F6O2/c17-15(18,19)13-3-1-2-10(6-13)4-11-5-12(9-23)8-14(7-11)24-16(20,21)22/h1-3,5-9H,4H2. The molecule has 0 amide bonds. The SMILES string of the molecule is O=Cc1cc(Cc2cccc(C(F)(F)F)c2)cc(OC(F)(F)F)c1. The van der Waals surface area contributed by atoms with E-state index < -0.39 is 23.9 Å². The van der Waals surface area contributed by atoms with Crippen molar-refractivity contribution in [1.29, 1.82) is 0 Å². The van der Waals surface area contributed by atoms with Gasteiger partial charge in [-0.15, -0.1) is 13.2 Å². The van der Waals surface area contributed by atoms with Crippen molar-refractivity contribution < 1.29 is 35.9 Å². The summed E-state index contributed by atoms with van der Waals surface area (Å²) < 4.78 is 78.7. The van der Waals surface area contributed by atoms with Gasteiger partial charge in [-0.3, -0.25) is 4.79 Å². The molecule has 0 aromatic heterocycles. The molecule has 2 rings (SSSR count). The van der Waals surface area contributed by atoms with Crippen molar-refractivity contribution in [2.24, 2.45) is 0 Å². The Morgan fingerprint density at radius 2 is 1.62 bits per heavy atom. The summed E-state index contributed by atoms with van der Waals surface area (Å²) in [5, 5.41) is 0. The van der Waals surface area contributed by atoms with Gasteiger partial charge in [0.25, 0.3) is 0 Å². The number of ether oxygens (including phenoxy) is 1. The number of carbonyl (C=O) groups is 1. The van der Waals surface area contributed by atoms with Gasteiger partial charge in [-0.05, 0) is 41.8 Å². The van der Waals surface area contributed by atoms with Crippen LogP contribution in [0.3, 0.4) is 0 Å². The second kappa shape index (κ2) is 6.54. The molecule has 0 N–H and O–H groups in total. The molecule has 0 heterocycles. The Labute approximate surface area is 132 Å². The normalized spacial score (nSPS) is 12.1. The molecule has 24 heavy (non-hydrogen) atoms. The molecule has 0 spiro atoms. The number of hydrogen-bond acceptors (Lipinski definition) is 2. The van der Waals surface area contributed by atoms with E-state index >= 15 is 0 Å². The van der Waals surface area contributed by atoms with Gasteiger partial charge in [0.05, 0.1) is 5.56 Å². The smallest absolute Gasteiger partial charge is 0.406 e. The van der Waals surface area contributed by atoms with Crippen molar-refractivity contribution in [2.75, 3.05) is 0 Å². The minimum atomic E-state index is -4.94. The molecular weight excluding hydrogens is 338 g/mol. The molecule has 128 valence electrons. The summed E-state index contributed by atoms with van der Waals surface area (Å²) in [5.74, 6) is -0.603. The fraction of sp³-hybridized carbons (Fsp3) is 0.188. The monoisotopic (exact) mass is 348 g/mol. The Hall–Kier alpha value is -2.51. The minimum Gasteiger partial charge on any atom is -0.406 e. The molecule has 0 aliphatic heterocycles. The molecule has 0 saturated carbocycles. The summed E-state index contributed by atoms with van der Waals surface area (Å²) in [4.78, 5) is 10.8. The summed E-state index contributed by atoms with van der Waals surface area (Å²) >= 11 is 0. The van der Waals surface area contributed by atoms with Crippen LogP contribution in [0, 0.1) is 0 Å². The zero-order valence-corrected chi connectivity index (χ0v) is 11.9. The second-order valence-corrected chi connectivity index (χ2v) is 4.95. The Bertz CT molecular complexity index is 734. The third-order valence-electron chi connectivity index (χ3n) is 3.02. The fourth-order valence-electron chi connectivity index (χ4n) is 2.14. The molecule has 2 nitrogen and oxygen atoms in total. The van der Waals surface area contributed by atoms with Crippen LogP contribution in [0.4, 0.5) is 26.3 Å². The maximum absolute atomic E-state index is 12.7. The zero-order chi connectivity index (χ0) is 18.0. The maximum atomic E-state index is 12.7. The number of halogens is 6. The number of carbonyl (C=O) groups excluding carboxylic acids is 1. The van der Waals surface area contributed by atoms with Crippen LogP contribution in [0.25, 0.3) is 0 Å².